The van der Waals surface area contributed by atoms with Crippen LogP contribution in [0.5, 0.6) is 5.75 Å². The number of fused-ring (bicyclic) bond motifs is 1. The molecule has 0 saturated carbocycles. The van der Waals surface area contributed by atoms with E-state index >= 15 is 0 Å². The maximum absolute atomic E-state index is 5.99. The van der Waals surface area contributed by atoms with Crippen LogP contribution in [0.25, 0.3) is 10.9 Å². The molecule has 3 aromatic rings. The molecule has 4 rings (SSSR count). The van der Waals surface area contributed by atoms with E-state index in [0.29, 0.717) is 5.17 Å². The quantitative estimate of drug-likeness (QED) is 0.747. The summed E-state index contributed by atoms with van der Waals surface area (Å²) in [6.07, 6.45) is 3.15. The van der Waals surface area contributed by atoms with Gasteiger partial charge < -0.3 is 15.0 Å². The van der Waals surface area contributed by atoms with Crippen molar-refractivity contribution in [3.8, 4) is 5.75 Å². The Morgan fingerprint density at radius 2 is 2.00 bits per heavy atom. The summed E-state index contributed by atoms with van der Waals surface area (Å²) in [7, 11) is 1.69. The molecule has 1 atom stereocenters. The molecular weight excluding hydrogens is 342 g/mol. The normalized spacial score (nSPS) is 20.2. The Kier molecular flexibility index (Phi) is 4.41. The van der Waals surface area contributed by atoms with Gasteiger partial charge in [0, 0.05) is 24.0 Å². The molecule has 0 amide bonds. The van der Waals surface area contributed by atoms with Gasteiger partial charge in [-0.3, -0.25) is 4.99 Å². The SMILES string of the molecule is COc1ccc(Cn2ccc3ccc([C@]4(C)CCSC(N)=N4)cc32)cc1. The highest BCUT2D eigenvalue weighted by Crippen LogP contribution is 2.36. The number of aromatic nitrogens is 1. The van der Waals surface area contributed by atoms with Gasteiger partial charge in [-0.2, -0.15) is 0 Å². The lowest BCUT2D eigenvalue weighted by Crippen LogP contribution is -2.28. The topological polar surface area (TPSA) is 52.5 Å². The van der Waals surface area contributed by atoms with Gasteiger partial charge in [0.2, 0.25) is 0 Å². The second-order valence-electron chi connectivity index (χ2n) is 6.89. The van der Waals surface area contributed by atoms with Gasteiger partial charge in [0.25, 0.3) is 0 Å². The van der Waals surface area contributed by atoms with Crippen molar-refractivity contribution in [2.24, 2.45) is 10.7 Å². The van der Waals surface area contributed by atoms with Crippen molar-refractivity contribution in [2.45, 2.75) is 25.4 Å². The number of hydrogen-bond donors (Lipinski definition) is 1. The van der Waals surface area contributed by atoms with E-state index in [4.69, 9.17) is 15.5 Å². The lowest BCUT2D eigenvalue weighted by atomic mass is 9.89. The molecule has 5 heteroatoms. The Morgan fingerprint density at radius 1 is 1.19 bits per heavy atom. The Balaban J connectivity index is 1.69. The number of benzene rings is 2. The van der Waals surface area contributed by atoms with Gasteiger partial charge in [-0.15, -0.1) is 0 Å². The van der Waals surface area contributed by atoms with Gasteiger partial charge in [-0.05, 0) is 54.1 Å². The number of aliphatic imine (C=N–C) groups is 1. The van der Waals surface area contributed by atoms with Gasteiger partial charge in [-0.25, -0.2) is 0 Å². The monoisotopic (exact) mass is 365 g/mol. The molecule has 0 bridgehead atoms. The highest BCUT2D eigenvalue weighted by atomic mass is 32.2. The zero-order valence-corrected chi connectivity index (χ0v) is 15.9. The second kappa shape index (κ2) is 6.72. The zero-order chi connectivity index (χ0) is 18.1. The molecule has 1 aliphatic rings. The summed E-state index contributed by atoms with van der Waals surface area (Å²) in [5, 5.41) is 1.93. The molecule has 0 saturated heterocycles. The summed E-state index contributed by atoms with van der Waals surface area (Å²) in [6, 6.07) is 17.0. The van der Waals surface area contributed by atoms with Crippen LogP contribution in [-0.4, -0.2) is 22.6 Å². The third-order valence-corrected chi connectivity index (χ3v) is 5.90. The van der Waals surface area contributed by atoms with E-state index in [1.165, 1.54) is 22.0 Å². The maximum Gasteiger partial charge on any atom is 0.154 e. The minimum atomic E-state index is -0.237. The second-order valence-corrected chi connectivity index (χ2v) is 8.00. The van der Waals surface area contributed by atoms with Gasteiger partial charge >= 0.3 is 0 Å². The molecule has 0 spiro atoms. The third kappa shape index (κ3) is 3.19. The van der Waals surface area contributed by atoms with E-state index < -0.39 is 0 Å². The molecule has 4 nitrogen and oxygen atoms in total. The number of methoxy groups -OCH3 is 1. The van der Waals surface area contributed by atoms with Gasteiger partial charge in [-0.1, -0.05) is 36.0 Å². The summed E-state index contributed by atoms with van der Waals surface area (Å²) in [6.45, 7) is 3.01. The number of nitrogens with two attached hydrogens (primary N) is 1. The van der Waals surface area contributed by atoms with Crippen molar-refractivity contribution in [1.29, 1.82) is 0 Å². The molecule has 0 unspecified atom stereocenters. The average molecular weight is 366 g/mol. The highest BCUT2D eigenvalue weighted by molar-refractivity contribution is 8.13. The zero-order valence-electron chi connectivity index (χ0n) is 15.1. The third-order valence-electron chi connectivity index (χ3n) is 5.10. The van der Waals surface area contributed by atoms with Crippen molar-refractivity contribution < 1.29 is 4.74 Å². The molecule has 2 N–H and O–H groups in total. The summed E-state index contributed by atoms with van der Waals surface area (Å²) in [5.41, 5.74) is 9.46. The minimum absolute atomic E-state index is 0.237. The van der Waals surface area contributed by atoms with E-state index in [2.05, 4.69) is 54.1 Å². The lowest BCUT2D eigenvalue weighted by molar-refractivity contribution is 0.414. The average Bonchev–Trinajstić information content (AvgIpc) is 3.04. The van der Waals surface area contributed by atoms with Crippen LogP contribution < -0.4 is 10.5 Å². The van der Waals surface area contributed by atoms with Crippen LogP contribution in [0, 0.1) is 0 Å². The highest BCUT2D eigenvalue weighted by Gasteiger charge is 2.29. The number of hydrogen-bond acceptors (Lipinski definition) is 4. The van der Waals surface area contributed by atoms with Gasteiger partial charge in [0.15, 0.2) is 5.17 Å². The number of rotatable bonds is 4. The lowest BCUT2D eigenvalue weighted by Gasteiger charge is -2.29. The van der Waals surface area contributed by atoms with Crippen LogP contribution in [0.2, 0.25) is 0 Å². The molecule has 134 valence electrons. The Bertz CT molecular complexity index is 961. The van der Waals surface area contributed by atoms with E-state index in [1.807, 2.05) is 12.1 Å². The first-order chi connectivity index (χ1) is 12.6. The number of amidine groups is 1. The van der Waals surface area contributed by atoms with E-state index in [0.717, 1.165) is 24.5 Å². The molecule has 0 fully saturated rings. The standard InChI is InChI=1S/C21H23N3OS/c1-21(10-12-26-20(22)23-21)17-6-5-16-9-11-24(19(16)13-17)14-15-3-7-18(25-2)8-4-15/h3-9,11,13H,10,12,14H2,1-2H3,(H2,22,23)/t21-/m0/s1. The molecule has 1 aliphatic heterocycles. The van der Waals surface area contributed by atoms with Crippen LogP contribution >= 0.6 is 11.8 Å². The summed E-state index contributed by atoms with van der Waals surface area (Å²) in [4.78, 5) is 4.74. The predicted octanol–water partition coefficient (Wildman–Crippen LogP) is 4.37. The molecular formula is C21H23N3OS. The Hall–Kier alpha value is -2.40. The fourth-order valence-electron chi connectivity index (χ4n) is 3.48. The van der Waals surface area contributed by atoms with Crippen molar-refractivity contribution >= 4 is 27.8 Å². The molecule has 0 radical (unpaired) electrons. The molecule has 2 heterocycles. The van der Waals surface area contributed by atoms with Gasteiger partial charge in [0.05, 0.1) is 12.6 Å². The van der Waals surface area contributed by atoms with Crippen LogP contribution in [0.3, 0.4) is 0 Å². The van der Waals surface area contributed by atoms with Crippen molar-refractivity contribution in [3.05, 3.63) is 65.9 Å². The number of ether oxygens (including phenoxy) is 1. The van der Waals surface area contributed by atoms with Gasteiger partial charge in [0.1, 0.15) is 5.75 Å². The molecule has 2 aromatic carbocycles. The Morgan fingerprint density at radius 3 is 2.73 bits per heavy atom. The molecule has 1 aromatic heterocycles. The summed E-state index contributed by atoms with van der Waals surface area (Å²) < 4.78 is 7.53. The minimum Gasteiger partial charge on any atom is -0.497 e. The van der Waals surface area contributed by atoms with Crippen molar-refractivity contribution in [1.82, 2.24) is 4.57 Å². The number of thioether (sulfide) groups is 1. The van der Waals surface area contributed by atoms with Crippen molar-refractivity contribution in [2.75, 3.05) is 12.9 Å². The first-order valence-corrected chi connectivity index (χ1v) is 9.76. The first-order valence-electron chi connectivity index (χ1n) is 8.78. The molecule has 0 aliphatic carbocycles. The smallest absolute Gasteiger partial charge is 0.154 e. The van der Waals surface area contributed by atoms with Crippen LogP contribution in [-0.2, 0) is 12.1 Å². The van der Waals surface area contributed by atoms with E-state index in [9.17, 15) is 0 Å². The van der Waals surface area contributed by atoms with E-state index in [1.54, 1.807) is 18.9 Å². The van der Waals surface area contributed by atoms with Crippen LogP contribution in [0.15, 0.2) is 59.7 Å². The van der Waals surface area contributed by atoms with Crippen LogP contribution in [0.4, 0.5) is 0 Å². The Labute approximate surface area is 158 Å². The summed E-state index contributed by atoms with van der Waals surface area (Å²) >= 11 is 1.64. The fourth-order valence-corrected chi connectivity index (χ4v) is 4.45. The predicted molar refractivity (Wildman–Crippen MR) is 110 cm³/mol. The maximum atomic E-state index is 5.99. The van der Waals surface area contributed by atoms with Crippen molar-refractivity contribution in [3.63, 3.8) is 0 Å². The fraction of sp³-hybridized carbons (Fsp3) is 0.286. The molecule has 26 heavy (non-hydrogen) atoms. The van der Waals surface area contributed by atoms with Crippen LogP contribution in [0.1, 0.15) is 24.5 Å². The largest absolute Gasteiger partial charge is 0.497 e. The summed E-state index contributed by atoms with van der Waals surface area (Å²) in [5.74, 6) is 1.89. The number of nitrogens with zero attached hydrogens (tertiary/aromatic N) is 2. The first kappa shape index (κ1) is 17.0. The van der Waals surface area contributed by atoms with E-state index in [-0.39, 0.29) is 5.54 Å².